The molecular weight excluding hydrogens is 456 g/mol. The SMILES string of the molecule is C=CCOc1ccc(C2c3c(oc4cc(C)c(C)cc4c3=O)C(=O)N2CCC[NH+]2CCOCC2)cc1. The van der Waals surface area contributed by atoms with Crippen molar-refractivity contribution in [2.24, 2.45) is 0 Å². The second-order valence-electron chi connectivity index (χ2n) is 9.64. The molecule has 1 unspecified atom stereocenters. The lowest BCUT2D eigenvalue weighted by atomic mass is 9.97. The van der Waals surface area contributed by atoms with Gasteiger partial charge in [0.15, 0.2) is 5.43 Å². The molecule has 1 N–H and O–H groups in total. The van der Waals surface area contributed by atoms with Gasteiger partial charge in [-0.05, 0) is 54.8 Å². The van der Waals surface area contributed by atoms with Crippen LogP contribution in [0.3, 0.4) is 0 Å². The Kier molecular flexibility index (Phi) is 6.94. The summed E-state index contributed by atoms with van der Waals surface area (Å²) in [6.07, 6.45) is 2.52. The maximum Gasteiger partial charge on any atom is 0.290 e. The molecule has 2 aromatic carbocycles. The highest BCUT2D eigenvalue weighted by Gasteiger charge is 2.42. The van der Waals surface area contributed by atoms with Crippen molar-refractivity contribution < 1.29 is 23.6 Å². The van der Waals surface area contributed by atoms with Crippen LogP contribution in [0.1, 0.15) is 45.3 Å². The van der Waals surface area contributed by atoms with Crippen LogP contribution in [0.25, 0.3) is 11.0 Å². The predicted molar refractivity (Wildman–Crippen MR) is 138 cm³/mol. The summed E-state index contributed by atoms with van der Waals surface area (Å²) in [6, 6.07) is 10.8. The molecule has 3 aromatic rings. The molecular formula is C29H33N2O5+. The van der Waals surface area contributed by atoms with Gasteiger partial charge in [0.1, 0.15) is 31.0 Å². The average molecular weight is 490 g/mol. The zero-order valence-corrected chi connectivity index (χ0v) is 21.0. The number of ether oxygens (including phenoxy) is 2. The third-order valence-corrected chi connectivity index (χ3v) is 7.27. The Morgan fingerprint density at radius 2 is 1.83 bits per heavy atom. The maximum atomic E-state index is 13.8. The normalized spacial score (nSPS) is 18.0. The molecule has 1 atom stereocenters. The highest BCUT2D eigenvalue weighted by molar-refractivity contribution is 5.99. The van der Waals surface area contributed by atoms with Crippen molar-refractivity contribution in [3.63, 3.8) is 0 Å². The number of aryl methyl sites for hydroxylation is 2. The molecule has 0 aliphatic carbocycles. The number of carbonyl (C=O) groups excluding carboxylic acids is 1. The van der Waals surface area contributed by atoms with Gasteiger partial charge in [0.05, 0.1) is 36.8 Å². The Hall–Kier alpha value is -3.42. The van der Waals surface area contributed by atoms with E-state index in [1.54, 1.807) is 11.0 Å². The summed E-state index contributed by atoms with van der Waals surface area (Å²) in [5.74, 6) is 0.643. The van der Waals surface area contributed by atoms with E-state index >= 15 is 0 Å². The molecule has 7 heteroatoms. The summed E-state index contributed by atoms with van der Waals surface area (Å²) in [7, 11) is 0. The zero-order valence-electron chi connectivity index (χ0n) is 21.0. The van der Waals surface area contributed by atoms with E-state index in [2.05, 4.69) is 6.58 Å². The first kappa shape index (κ1) is 24.3. The van der Waals surface area contributed by atoms with Gasteiger partial charge in [0, 0.05) is 13.0 Å². The topological polar surface area (TPSA) is 73.4 Å². The molecule has 1 amide bonds. The molecule has 0 saturated carbocycles. The summed E-state index contributed by atoms with van der Waals surface area (Å²) in [5, 5.41) is 0.514. The van der Waals surface area contributed by atoms with Crippen molar-refractivity contribution in [3.05, 3.63) is 87.3 Å². The summed E-state index contributed by atoms with van der Waals surface area (Å²) >= 11 is 0. The van der Waals surface area contributed by atoms with Crippen LogP contribution in [0, 0.1) is 13.8 Å². The quantitative estimate of drug-likeness (QED) is 0.493. The van der Waals surface area contributed by atoms with Crippen LogP contribution in [0.2, 0.25) is 0 Å². The fourth-order valence-corrected chi connectivity index (χ4v) is 5.16. The Labute approximate surface area is 210 Å². The Balaban J connectivity index is 1.52. The fraction of sp³-hybridized carbons (Fsp3) is 0.379. The molecule has 0 spiro atoms. The minimum atomic E-state index is -0.497. The number of carbonyl (C=O) groups is 1. The van der Waals surface area contributed by atoms with Crippen LogP contribution in [0.5, 0.6) is 5.75 Å². The minimum Gasteiger partial charge on any atom is -0.490 e. The van der Waals surface area contributed by atoms with Gasteiger partial charge in [0.2, 0.25) is 5.76 Å². The second kappa shape index (κ2) is 10.3. The lowest BCUT2D eigenvalue weighted by molar-refractivity contribution is -0.908. The molecule has 1 saturated heterocycles. The molecule has 3 heterocycles. The van der Waals surface area contributed by atoms with Gasteiger partial charge in [-0.2, -0.15) is 0 Å². The Bertz CT molecular complexity index is 1340. The zero-order chi connectivity index (χ0) is 25.2. The third kappa shape index (κ3) is 4.56. The number of nitrogens with one attached hydrogen (secondary N) is 1. The highest BCUT2D eigenvalue weighted by atomic mass is 16.5. The van der Waals surface area contributed by atoms with Gasteiger partial charge in [-0.1, -0.05) is 24.8 Å². The molecule has 188 valence electrons. The predicted octanol–water partition coefficient (Wildman–Crippen LogP) is 2.83. The van der Waals surface area contributed by atoms with Crippen molar-refractivity contribution in [3.8, 4) is 5.75 Å². The number of benzene rings is 2. The van der Waals surface area contributed by atoms with Crippen molar-refractivity contribution in [2.75, 3.05) is 46.0 Å². The molecule has 1 fully saturated rings. The number of quaternary nitrogens is 1. The molecule has 2 aliphatic heterocycles. The molecule has 7 nitrogen and oxygen atoms in total. The molecule has 0 bridgehead atoms. The van der Waals surface area contributed by atoms with E-state index in [0.717, 1.165) is 56.0 Å². The first-order chi connectivity index (χ1) is 17.5. The molecule has 2 aliphatic rings. The largest absolute Gasteiger partial charge is 0.490 e. The van der Waals surface area contributed by atoms with Gasteiger partial charge in [0.25, 0.3) is 5.91 Å². The molecule has 0 radical (unpaired) electrons. The van der Waals surface area contributed by atoms with Crippen LogP contribution in [0.15, 0.2) is 58.3 Å². The van der Waals surface area contributed by atoms with E-state index in [-0.39, 0.29) is 17.1 Å². The molecule has 1 aromatic heterocycles. The molecule has 36 heavy (non-hydrogen) atoms. The minimum absolute atomic E-state index is 0.138. The van der Waals surface area contributed by atoms with E-state index in [0.29, 0.717) is 35.4 Å². The summed E-state index contributed by atoms with van der Waals surface area (Å²) < 4.78 is 17.2. The first-order valence-corrected chi connectivity index (χ1v) is 12.6. The number of fused-ring (bicyclic) bond motifs is 2. The van der Waals surface area contributed by atoms with E-state index in [9.17, 15) is 9.59 Å². The lowest BCUT2D eigenvalue weighted by Gasteiger charge is -2.27. The lowest BCUT2D eigenvalue weighted by Crippen LogP contribution is -3.14. The number of amides is 1. The third-order valence-electron chi connectivity index (χ3n) is 7.27. The van der Waals surface area contributed by atoms with E-state index in [1.807, 2.05) is 50.2 Å². The van der Waals surface area contributed by atoms with Crippen LogP contribution >= 0.6 is 0 Å². The molecule has 5 rings (SSSR count). The van der Waals surface area contributed by atoms with Crippen LogP contribution in [-0.2, 0) is 4.74 Å². The standard InChI is InChI=1S/C29H32N2O5/c1-4-14-35-22-8-6-21(7-9-22)26-25-27(32)23-17-19(2)20(3)18-24(23)36-28(25)29(33)31(26)11-5-10-30-12-15-34-16-13-30/h4,6-9,17-18,26H,1,5,10-16H2,2-3H3/p+1. The van der Waals surface area contributed by atoms with Crippen LogP contribution in [0.4, 0.5) is 0 Å². The Morgan fingerprint density at radius 3 is 2.56 bits per heavy atom. The van der Waals surface area contributed by atoms with E-state index in [1.165, 1.54) is 4.90 Å². The van der Waals surface area contributed by atoms with Gasteiger partial charge >= 0.3 is 0 Å². The maximum absolute atomic E-state index is 13.8. The van der Waals surface area contributed by atoms with E-state index < -0.39 is 6.04 Å². The van der Waals surface area contributed by atoms with Crippen molar-refractivity contribution >= 4 is 16.9 Å². The van der Waals surface area contributed by atoms with Gasteiger partial charge in [-0.25, -0.2) is 0 Å². The smallest absolute Gasteiger partial charge is 0.290 e. The monoisotopic (exact) mass is 489 g/mol. The number of rotatable bonds is 8. The number of hydrogen-bond acceptors (Lipinski definition) is 5. The highest BCUT2D eigenvalue weighted by Crippen LogP contribution is 2.38. The first-order valence-electron chi connectivity index (χ1n) is 12.6. The summed E-state index contributed by atoms with van der Waals surface area (Å²) in [4.78, 5) is 30.7. The number of nitrogens with zero attached hydrogens (tertiary/aromatic N) is 1. The Morgan fingerprint density at radius 1 is 1.11 bits per heavy atom. The van der Waals surface area contributed by atoms with E-state index in [4.69, 9.17) is 13.9 Å². The number of morpholine rings is 1. The van der Waals surface area contributed by atoms with Crippen molar-refractivity contribution in [1.82, 2.24) is 4.90 Å². The average Bonchev–Trinajstić information content (AvgIpc) is 3.17. The number of hydrogen-bond donors (Lipinski definition) is 1. The fourth-order valence-electron chi connectivity index (χ4n) is 5.16. The van der Waals surface area contributed by atoms with Crippen molar-refractivity contribution in [1.29, 1.82) is 0 Å². The van der Waals surface area contributed by atoms with Crippen molar-refractivity contribution in [2.45, 2.75) is 26.3 Å². The van der Waals surface area contributed by atoms with Gasteiger partial charge in [-0.15, -0.1) is 0 Å². The summed E-state index contributed by atoms with van der Waals surface area (Å²) in [6.45, 7) is 13.1. The van der Waals surface area contributed by atoms with Gasteiger partial charge in [-0.3, -0.25) is 9.59 Å². The second-order valence-corrected chi connectivity index (χ2v) is 9.64. The van der Waals surface area contributed by atoms with Gasteiger partial charge < -0.3 is 23.7 Å². The van der Waals surface area contributed by atoms with Crippen LogP contribution in [-0.4, -0.2) is 56.8 Å². The summed E-state index contributed by atoms with van der Waals surface area (Å²) in [5.41, 5.74) is 3.65. The van der Waals surface area contributed by atoms with Crippen LogP contribution < -0.4 is 15.1 Å².